The fourth-order valence-electron chi connectivity index (χ4n) is 2.42. The number of hydrogen-bond donors (Lipinski definition) is 1. The van der Waals surface area contributed by atoms with Crippen LogP contribution in [-0.2, 0) is 34.1 Å². The molecule has 4 aromatic carbocycles. The van der Waals surface area contributed by atoms with Crippen molar-refractivity contribution in [2.24, 2.45) is 0 Å². The Morgan fingerprint density at radius 3 is 1.78 bits per heavy atom. The molecule has 0 bridgehead atoms. The Hall–Kier alpha value is -2.42. The molecule has 0 amide bonds. The van der Waals surface area contributed by atoms with Gasteiger partial charge in [-0.3, -0.25) is 0 Å². The molecule has 0 aliphatic rings. The van der Waals surface area contributed by atoms with Gasteiger partial charge in [-0.15, -0.1) is 5.56 Å². The van der Waals surface area contributed by atoms with Crippen LogP contribution in [0.3, 0.4) is 0 Å². The summed E-state index contributed by atoms with van der Waals surface area (Å²) in [6, 6.07) is 34.5. The molecule has 138 valence electrons. The van der Waals surface area contributed by atoms with Gasteiger partial charge >= 0.3 is 34.1 Å². The summed E-state index contributed by atoms with van der Waals surface area (Å²) < 4.78 is 0. The summed E-state index contributed by atoms with van der Waals surface area (Å²) in [5.74, 6) is 0. The van der Waals surface area contributed by atoms with Gasteiger partial charge in [-0.1, -0.05) is 0 Å². The topological polar surface area (TPSA) is 41.6 Å². The standard InChI is InChI=1S/C12H9N3.2C5H5.2Fe/c1-2-5-9(4-1)10-6-3-7-11(10)12-8-13-15-14-12;2*1-2-4-5-3-1;;/h1-8H,(H,13,14,15);2*1-5H;;/q-2;2*-1;2*+2. The molecular formula is C22H19Fe2N3. The fraction of sp³-hybridized carbons (Fsp3) is 0. The van der Waals surface area contributed by atoms with E-state index >= 15 is 0 Å². The van der Waals surface area contributed by atoms with Gasteiger partial charge in [0.25, 0.3) is 0 Å². The second-order valence-corrected chi connectivity index (χ2v) is 5.31. The molecule has 0 aliphatic heterocycles. The summed E-state index contributed by atoms with van der Waals surface area (Å²) in [6.45, 7) is 0. The first-order valence-electron chi connectivity index (χ1n) is 8.12. The Balaban J connectivity index is 0.000000253. The second kappa shape index (κ2) is 12.9. The minimum Gasteiger partial charge on any atom is -0.214 e. The maximum atomic E-state index is 4.09. The third kappa shape index (κ3) is 7.01. The van der Waals surface area contributed by atoms with Crippen LogP contribution >= 0.6 is 0 Å². The quantitative estimate of drug-likeness (QED) is 0.298. The van der Waals surface area contributed by atoms with Crippen LogP contribution in [0.15, 0.2) is 109 Å². The zero-order chi connectivity index (χ0) is 17.2. The minimum absolute atomic E-state index is 0. The maximum absolute atomic E-state index is 4.09. The Morgan fingerprint density at radius 2 is 1.33 bits per heavy atom. The first kappa shape index (κ1) is 22.6. The third-order valence-electron chi connectivity index (χ3n) is 3.59. The minimum atomic E-state index is 0. The Kier molecular flexibility index (Phi) is 10.8. The van der Waals surface area contributed by atoms with Crippen molar-refractivity contribution < 1.29 is 34.1 Å². The molecule has 27 heavy (non-hydrogen) atoms. The van der Waals surface area contributed by atoms with Crippen LogP contribution in [0, 0.1) is 0 Å². The van der Waals surface area contributed by atoms with Gasteiger partial charge in [-0.05, 0) is 0 Å². The average Bonchev–Trinajstić information content (AvgIpc) is 3.51. The fourth-order valence-corrected chi connectivity index (χ4v) is 2.42. The zero-order valence-corrected chi connectivity index (χ0v) is 16.7. The van der Waals surface area contributed by atoms with E-state index in [0.29, 0.717) is 0 Å². The predicted molar refractivity (Wildman–Crippen MR) is 103 cm³/mol. The molecule has 5 heteroatoms. The number of rotatable bonds is 2. The SMILES string of the molecule is [Fe+2].[Fe+2].c1cc[c-](-[c-]2cccc2-c2cn[nH]n2)c1.c1cc[cH-]c1.c1cc[cH-]c1. The summed E-state index contributed by atoms with van der Waals surface area (Å²) in [5, 5.41) is 10.5. The zero-order valence-electron chi connectivity index (χ0n) is 14.5. The molecule has 0 radical (unpaired) electrons. The van der Waals surface area contributed by atoms with Crippen LogP contribution < -0.4 is 0 Å². The number of H-pyrrole nitrogens is 1. The monoisotopic (exact) mass is 437 g/mol. The molecule has 0 aliphatic carbocycles. The Morgan fingerprint density at radius 1 is 0.741 bits per heavy atom. The van der Waals surface area contributed by atoms with Crippen LogP contribution in [-0.4, -0.2) is 15.4 Å². The molecule has 1 N–H and O–H groups in total. The van der Waals surface area contributed by atoms with E-state index in [0.717, 1.165) is 11.3 Å². The van der Waals surface area contributed by atoms with Gasteiger partial charge in [0, 0.05) is 11.9 Å². The molecule has 0 spiro atoms. The summed E-state index contributed by atoms with van der Waals surface area (Å²) in [4.78, 5) is 0. The van der Waals surface area contributed by atoms with E-state index in [9.17, 15) is 0 Å². The molecular weight excluding hydrogens is 418 g/mol. The van der Waals surface area contributed by atoms with Crippen LogP contribution in [0.25, 0.3) is 22.4 Å². The van der Waals surface area contributed by atoms with E-state index in [1.165, 1.54) is 11.1 Å². The van der Waals surface area contributed by atoms with Gasteiger partial charge in [-0.2, -0.15) is 100 Å². The van der Waals surface area contributed by atoms with Gasteiger partial charge in [0.15, 0.2) is 0 Å². The van der Waals surface area contributed by atoms with Crippen molar-refractivity contribution in [3.8, 4) is 22.4 Å². The molecule has 0 unspecified atom stereocenters. The van der Waals surface area contributed by atoms with Gasteiger partial charge in [0.1, 0.15) is 0 Å². The molecule has 5 rings (SSSR count). The van der Waals surface area contributed by atoms with Crippen LogP contribution in [0.4, 0.5) is 0 Å². The molecule has 0 fully saturated rings. The normalized spacial score (nSPS) is 8.89. The van der Waals surface area contributed by atoms with E-state index in [-0.39, 0.29) is 34.1 Å². The van der Waals surface area contributed by atoms with Crippen molar-refractivity contribution in [3.63, 3.8) is 0 Å². The molecule has 0 saturated heterocycles. The second-order valence-electron chi connectivity index (χ2n) is 5.31. The Labute approximate surface area is 180 Å². The molecule has 3 nitrogen and oxygen atoms in total. The average molecular weight is 437 g/mol. The largest absolute Gasteiger partial charge is 2.00 e. The van der Waals surface area contributed by atoms with Crippen molar-refractivity contribution >= 4 is 0 Å². The van der Waals surface area contributed by atoms with Crippen molar-refractivity contribution in [3.05, 3.63) is 109 Å². The summed E-state index contributed by atoms with van der Waals surface area (Å²) >= 11 is 0. The molecule has 0 saturated carbocycles. The van der Waals surface area contributed by atoms with E-state index < -0.39 is 0 Å². The van der Waals surface area contributed by atoms with Gasteiger partial charge in [0.2, 0.25) is 0 Å². The molecule has 0 atom stereocenters. The van der Waals surface area contributed by atoms with Crippen molar-refractivity contribution in [2.75, 3.05) is 0 Å². The summed E-state index contributed by atoms with van der Waals surface area (Å²) in [5.41, 5.74) is 4.43. The first-order valence-corrected chi connectivity index (χ1v) is 8.12. The predicted octanol–water partition coefficient (Wildman–Crippen LogP) is 5.38. The molecule has 5 aromatic rings. The number of nitrogens with one attached hydrogen (secondary N) is 1. The van der Waals surface area contributed by atoms with Gasteiger partial charge in [0.05, 0.1) is 0 Å². The number of hydrogen-bond acceptors (Lipinski definition) is 2. The smallest absolute Gasteiger partial charge is 0.214 e. The summed E-state index contributed by atoms with van der Waals surface area (Å²) in [7, 11) is 0. The van der Waals surface area contributed by atoms with Crippen LogP contribution in [0.2, 0.25) is 0 Å². The van der Waals surface area contributed by atoms with E-state index in [1.54, 1.807) is 6.20 Å². The molecule has 1 aromatic heterocycles. The van der Waals surface area contributed by atoms with Crippen LogP contribution in [0.1, 0.15) is 0 Å². The summed E-state index contributed by atoms with van der Waals surface area (Å²) in [6.07, 6.45) is 1.74. The van der Waals surface area contributed by atoms with E-state index in [1.807, 2.05) is 78.9 Å². The van der Waals surface area contributed by atoms with Crippen molar-refractivity contribution in [2.45, 2.75) is 0 Å². The Bertz CT molecular complexity index is 776. The van der Waals surface area contributed by atoms with Crippen molar-refractivity contribution in [1.82, 2.24) is 15.4 Å². The number of aromatic nitrogens is 3. The first-order chi connectivity index (χ1) is 12.4. The van der Waals surface area contributed by atoms with Gasteiger partial charge < -0.3 is 0 Å². The van der Waals surface area contributed by atoms with Crippen molar-refractivity contribution in [1.29, 1.82) is 0 Å². The maximum Gasteiger partial charge on any atom is 2.00 e. The molecule has 1 heterocycles. The number of nitrogens with zero attached hydrogens (tertiary/aromatic N) is 2. The van der Waals surface area contributed by atoms with E-state index in [2.05, 4.69) is 39.7 Å². The van der Waals surface area contributed by atoms with E-state index in [4.69, 9.17) is 0 Å². The third-order valence-corrected chi connectivity index (χ3v) is 3.59. The van der Waals surface area contributed by atoms with Gasteiger partial charge in [-0.25, -0.2) is 29.5 Å². The van der Waals surface area contributed by atoms with Crippen LogP contribution in [0.5, 0.6) is 0 Å². The number of aromatic amines is 1.